The van der Waals surface area contributed by atoms with Crippen molar-refractivity contribution in [2.24, 2.45) is 5.73 Å². The molecule has 0 fully saturated rings. The number of unbranched alkanes of at least 4 members (excludes halogenated alkanes) is 15. The van der Waals surface area contributed by atoms with Crippen molar-refractivity contribution in [3.63, 3.8) is 0 Å². The summed E-state index contributed by atoms with van der Waals surface area (Å²) in [5.41, 5.74) is 5.48. The van der Waals surface area contributed by atoms with E-state index < -0.39 is 0 Å². The van der Waals surface area contributed by atoms with E-state index in [1.807, 2.05) is 0 Å². The Morgan fingerprint density at radius 1 is 0.409 bits per heavy atom. The Bertz CT molecular complexity index is 141. The number of hydrogen-bond acceptors (Lipinski definition) is 1. The van der Waals surface area contributed by atoms with E-state index >= 15 is 0 Å². The molecule has 4 heteroatoms. The number of nitrogens with two attached hydrogens (primary N) is 1. The maximum Gasteiger partial charge on any atom is -0.00773 e. The second-order valence-corrected chi connectivity index (χ2v) is 6.09. The zero-order chi connectivity index (χ0) is 14.0. The van der Waals surface area contributed by atoms with Crippen LogP contribution in [0.25, 0.3) is 0 Å². The van der Waals surface area contributed by atoms with Crippen LogP contribution in [0.3, 0.4) is 0 Å². The summed E-state index contributed by atoms with van der Waals surface area (Å²) in [4.78, 5) is 0. The molecule has 0 rings (SSSR count). The van der Waals surface area contributed by atoms with Crippen LogP contribution in [0.1, 0.15) is 110 Å². The highest BCUT2D eigenvalue weighted by Crippen LogP contribution is 2.13. The lowest BCUT2D eigenvalue weighted by Crippen LogP contribution is -1.97. The first kappa shape index (κ1) is 30.7. The molecule has 0 aliphatic rings. The summed E-state index contributed by atoms with van der Waals surface area (Å²) in [6.45, 7) is 3.16. The molecular formula is C18H42Cl3N. The zero-order valence-electron chi connectivity index (χ0n) is 14.8. The maximum atomic E-state index is 5.48. The minimum atomic E-state index is 0. The summed E-state index contributed by atoms with van der Waals surface area (Å²) >= 11 is 0. The Morgan fingerprint density at radius 2 is 0.636 bits per heavy atom. The summed E-state index contributed by atoms with van der Waals surface area (Å²) in [6.07, 6.45) is 22.9. The first-order valence-corrected chi connectivity index (χ1v) is 9.12. The zero-order valence-corrected chi connectivity index (χ0v) is 17.3. The lowest BCUT2D eigenvalue weighted by atomic mass is 10.0. The smallest absolute Gasteiger partial charge is 0.00773 e. The van der Waals surface area contributed by atoms with Crippen LogP contribution in [-0.2, 0) is 0 Å². The van der Waals surface area contributed by atoms with Crippen LogP contribution < -0.4 is 5.73 Å². The van der Waals surface area contributed by atoms with E-state index in [-0.39, 0.29) is 37.2 Å². The summed E-state index contributed by atoms with van der Waals surface area (Å²) < 4.78 is 0. The largest absolute Gasteiger partial charge is 0.330 e. The van der Waals surface area contributed by atoms with Crippen molar-refractivity contribution in [3.8, 4) is 0 Å². The highest BCUT2D eigenvalue weighted by atomic mass is 35.5. The van der Waals surface area contributed by atoms with Crippen molar-refractivity contribution in [1.82, 2.24) is 0 Å². The summed E-state index contributed by atoms with van der Waals surface area (Å²) in [5.74, 6) is 0. The van der Waals surface area contributed by atoms with Gasteiger partial charge in [-0.2, -0.15) is 0 Å². The molecule has 0 saturated heterocycles. The normalized spacial score (nSPS) is 9.55. The molecule has 0 aromatic carbocycles. The highest BCUT2D eigenvalue weighted by Gasteiger charge is 1.94. The quantitative estimate of drug-likeness (QED) is 0.277. The van der Waals surface area contributed by atoms with E-state index in [1.165, 1.54) is 103 Å². The van der Waals surface area contributed by atoms with Crippen LogP contribution in [0.4, 0.5) is 0 Å². The first-order chi connectivity index (χ1) is 9.41. The molecule has 0 aliphatic carbocycles. The van der Waals surface area contributed by atoms with Gasteiger partial charge < -0.3 is 5.73 Å². The lowest BCUT2D eigenvalue weighted by Gasteiger charge is -2.03. The van der Waals surface area contributed by atoms with E-state index in [2.05, 4.69) is 6.92 Å². The van der Waals surface area contributed by atoms with Crippen LogP contribution in [0, 0.1) is 0 Å². The van der Waals surface area contributed by atoms with Gasteiger partial charge in [-0.3, -0.25) is 0 Å². The monoisotopic (exact) mass is 377 g/mol. The van der Waals surface area contributed by atoms with Gasteiger partial charge in [-0.25, -0.2) is 0 Å². The van der Waals surface area contributed by atoms with Gasteiger partial charge in [0.05, 0.1) is 0 Å². The average Bonchev–Trinajstić information content (AvgIpc) is 2.43. The molecule has 0 amide bonds. The molecule has 2 N–H and O–H groups in total. The molecule has 0 heterocycles. The predicted octanol–water partition coefficient (Wildman–Crippen LogP) is 7.47. The molecule has 0 aromatic heterocycles. The molecule has 1 nitrogen and oxygen atoms in total. The van der Waals surface area contributed by atoms with Crippen molar-refractivity contribution in [1.29, 1.82) is 0 Å². The van der Waals surface area contributed by atoms with E-state index in [9.17, 15) is 0 Å². The number of rotatable bonds is 16. The lowest BCUT2D eigenvalue weighted by molar-refractivity contribution is 0.530. The third-order valence-corrected chi connectivity index (χ3v) is 4.06. The molecule has 22 heavy (non-hydrogen) atoms. The Labute approximate surface area is 159 Å². The van der Waals surface area contributed by atoms with Crippen molar-refractivity contribution in [2.75, 3.05) is 6.54 Å². The van der Waals surface area contributed by atoms with Gasteiger partial charge in [0.15, 0.2) is 0 Å². The Kier molecular flexibility index (Phi) is 41.6. The predicted molar refractivity (Wildman–Crippen MR) is 110 cm³/mol. The van der Waals surface area contributed by atoms with Gasteiger partial charge >= 0.3 is 0 Å². The minimum Gasteiger partial charge on any atom is -0.330 e. The molecule has 0 unspecified atom stereocenters. The SMILES string of the molecule is CCCCCCCCCCCCCCCCCCN.Cl.Cl.Cl. The van der Waals surface area contributed by atoms with Crippen LogP contribution in [0.5, 0.6) is 0 Å². The van der Waals surface area contributed by atoms with Gasteiger partial charge in [0, 0.05) is 0 Å². The average molecular weight is 379 g/mol. The highest BCUT2D eigenvalue weighted by molar-refractivity contribution is 5.86. The molecule has 140 valence electrons. The first-order valence-electron chi connectivity index (χ1n) is 9.12. The van der Waals surface area contributed by atoms with Gasteiger partial charge in [-0.1, -0.05) is 103 Å². The van der Waals surface area contributed by atoms with Gasteiger partial charge in [0.2, 0.25) is 0 Å². The Hall–Kier alpha value is 0.830. The molecule has 0 radical (unpaired) electrons. The molecule has 0 aromatic rings. The second kappa shape index (κ2) is 29.8. The topological polar surface area (TPSA) is 26.0 Å². The molecule has 0 aliphatic heterocycles. The van der Waals surface area contributed by atoms with Crippen LogP contribution >= 0.6 is 37.2 Å². The van der Waals surface area contributed by atoms with Crippen LogP contribution in [-0.4, -0.2) is 6.54 Å². The molecular weight excluding hydrogens is 337 g/mol. The Morgan fingerprint density at radius 3 is 0.864 bits per heavy atom. The third-order valence-electron chi connectivity index (χ3n) is 4.06. The minimum absolute atomic E-state index is 0. The van der Waals surface area contributed by atoms with E-state index in [0.717, 1.165) is 6.54 Å². The van der Waals surface area contributed by atoms with Gasteiger partial charge in [-0.15, -0.1) is 37.2 Å². The van der Waals surface area contributed by atoms with Gasteiger partial charge in [0.1, 0.15) is 0 Å². The van der Waals surface area contributed by atoms with Crippen LogP contribution in [0.2, 0.25) is 0 Å². The van der Waals surface area contributed by atoms with E-state index in [0.29, 0.717) is 0 Å². The van der Waals surface area contributed by atoms with Crippen molar-refractivity contribution in [2.45, 2.75) is 110 Å². The van der Waals surface area contributed by atoms with Gasteiger partial charge in [0.25, 0.3) is 0 Å². The molecule has 0 saturated carbocycles. The number of halogens is 3. The fourth-order valence-corrected chi connectivity index (χ4v) is 2.69. The fourth-order valence-electron chi connectivity index (χ4n) is 2.69. The molecule has 0 spiro atoms. The fraction of sp³-hybridized carbons (Fsp3) is 1.00. The summed E-state index contributed by atoms with van der Waals surface area (Å²) in [7, 11) is 0. The van der Waals surface area contributed by atoms with Crippen molar-refractivity contribution < 1.29 is 0 Å². The van der Waals surface area contributed by atoms with E-state index in [4.69, 9.17) is 5.73 Å². The molecule has 0 bridgehead atoms. The van der Waals surface area contributed by atoms with Crippen LogP contribution in [0.15, 0.2) is 0 Å². The van der Waals surface area contributed by atoms with Crippen molar-refractivity contribution >= 4 is 37.2 Å². The van der Waals surface area contributed by atoms with Gasteiger partial charge in [-0.05, 0) is 13.0 Å². The second-order valence-electron chi connectivity index (χ2n) is 6.09. The summed E-state index contributed by atoms with van der Waals surface area (Å²) in [5, 5.41) is 0. The van der Waals surface area contributed by atoms with Crippen molar-refractivity contribution in [3.05, 3.63) is 0 Å². The standard InChI is InChI=1S/C18H39N.3ClH/c1-2-3-4-5-6-7-8-9-10-11-12-13-14-15-16-17-18-19;;;/h2-19H2,1H3;3*1H. The third kappa shape index (κ3) is 28.9. The summed E-state index contributed by atoms with van der Waals surface area (Å²) in [6, 6.07) is 0. The number of hydrogen-bond donors (Lipinski definition) is 1. The van der Waals surface area contributed by atoms with E-state index in [1.54, 1.807) is 0 Å². The Balaban J connectivity index is -0.000000540. The molecule has 0 atom stereocenters. The maximum absolute atomic E-state index is 5.48.